The molecule has 6 heteroatoms. The van der Waals surface area contributed by atoms with Gasteiger partial charge in [-0.25, -0.2) is 4.98 Å². The van der Waals surface area contributed by atoms with Crippen molar-refractivity contribution in [3.05, 3.63) is 65.6 Å². The molecule has 0 N–H and O–H groups in total. The summed E-state index contributed by atoms with van der Waals surface area (Å²) in [5.74, 6) is 0.0836. The van der Waals surface area contributed by atoms with E-state index in [2.05, 4.69) is 51.5 Å². The first-order valence-corrected chi connectivity index (χ1v) is 11.0. The average molecular weight is 421 g/mol. The molecule has 4 rings (SSSR count). The van der Waals surface area contributed by atoms with Crippen molar-refractivity contribution >= 4 is 17.2 Å². The minimum Gasteiger partial charge on any atom is -0.378 e. The molecular formula is C25H32N4O2. The maximum Gasteiger partial charge on any atom is 0.223 e. The highest BCUT2D eigenvalue weighted by molar-refractivity contribution is 5.78. The molecule has 6 nitrogen and oxygen atoms in total. The van der Waals surface area contributed by atoms with Crippen LogP contribution in [-0.4, -0.2) is 59.6 Å². The summed E-state index contributed by atoms with van der Waals surface area (Å²) in [5.41, 5.74) is 5.36. The highest BCUT2D eigenvalue weighted by Gasteiger charge is 2.29. The lowest BCUT2D eigenvalue weighted by atomic mass is 9.91. The highest BCUT2D eigenvalue weighted by Crippen LogP contribution is 2.31. The van der Waals surface area contributed by atoms with E-state index in [9.17, 15) is 4.79 Å². The molecule has 31 heavy (non-hydrogen) atoms. The number of anilines is 1. The molecule has 3 heterocycles. The zero-order chi connectivity index (χ0) is 22.1. The molecular weight excluding hydrogens is 388 g/mol. The number of ether oxygens (including phenoxy) is 1. The highest BCUT2D eigenvalue weighted by atomic mass is 16.5. The number of fused-ring (bicyclic) bond motifs is 1. The van der Waals surface area contributed by atoms with Gasteiger partial charge in [-0.2, -0.15) is 0 Å². The molecule has 3 atom stereocenters. The topological polar surface area (TPSA) is 50.1 Å². The molecule has 1 fully saturated rings. The fourth-order valence-electron chi connectivity index (χ4n) is 4.51. The van der Waals surface area contributed by atoms with E-state index in [1.54, 1.807) is 0 Å². The molecule has 0 aliphatic carbocycles. The first-order chi connectivity index (χ1) is 14.8. The van der Waals surface area contributed by atoms with Crippen molar-refractivity contribution in [2.45, 2.75) is 45.3 Å². The van der Waals surface area contributed by atoms with Crippen LogP contribution in [0.5, 0.6) is 0 Å². The molecule has 1 aliphatic heterocycles. The molecule has 1 aliphatic rings. The van der Waals surface area contributed by atoms with Crippen LogP contribution >= 0.6 is 0 Å². The third-order valence-corrected chi connectivity index (χ3v) is 6.08. The van der Waals surface area contributed by atoms with Gasteiger partial charge in [0, 0.05) is 57.6 Å². The molecule has 0 spiro atoms. The number of amides is 1. The van der Waals surface area contributed by atoms with Crippen molar-refractivity contribution in [3.63, 3.8) is 0 Å². The van der Waals surface area contributed by atoms with Gasteiger partial charge in [0.25, 0.3) is 0 Å². The van der Waals surface area contributed by atoms with E-state index in [1.807, 2.05) is 51.3 Å². The smallest absolute Gasteiger partial charge is 0.223 e. The Labute approximate surface area is 184 Å². The van der Waals surface area contributed by atoms with Crippen LogP contribution < -0.4 is 4.90 Å². The van der Waals surface area contributed by atoms with Crippen LogP contribution in [0.4, 0.5) is 5.69 Å². The Balaban J connectivity index is 1.70. The number of rotatable bonds is 5. The third-order valence-electron chi connectivity index (χ3n) is 6.08. The van der Waals surface area contributed by atoms with Crippen LogP contribution in [0, 0.1) is 6.92 Å². The van der Waals surface area contributed by atoms with Crippen LogP contribution in [0.1, 0.15) is 43.0 Å². The van der Waals surface area contributed by atoms with E-state index in [1.165, 1.54) is 0 Å². The summed E-state index contributed by atoms with van der Waals surface area (Å²) < 4.78 is 7.94. The first kappa shape index (κ1) is 21.4. The molecule has 1 saturated heterocycles. The van der Waals surface area contributed by atoms with Crippen molar-refractivity contribution in [2.75, 3.05) is 32.1 Å². The van der Waals surface area contributed by atoms with Gasteiger partial charge >= 0.3 is 0 Å². The van der Waals surface area contributed by atoms with Gasteiger partial charge in [-0.1, -0.05) is 18.2 Å². The Morgan fingerprint density at radius 1 is 1.16 bits per heavy atom. The maximum absolute atomic E-state index is 13.4. The van der Waals surface area contributed by atoms with Crippen LogP contribution in [0.2, 0.25) is 0 Å². The van der Waals surface area contributed by atoms with Crippen LogP contribution in [0.3, 0.4) is 0 Å². The Hall–Kier alpha value is -2.86. The normalized spacial score (nSPS) is 20.1. The first-order valence-electron chi connectivity index (χ1n) is 11.0. The number of pyridine rings is 1. The SMILES string of the molecule is Cc1cccn2c(C(CC(=O)N3CC(C)OC(C)C3)c3ccc(N(C)C)cc3)cnc12. The minimum atomic E-state index is -0.0750. The molecule has 1 amide bonds. The zero-order valence-corrected chi connectivity index (χ0v) is 19.1. The molecule has 164 valence electrons. The quantitative estimate of drug-likeness (QED) is 0.629. The van der Waals surface area contributed by atoms with Crippen LogP contribution in [0.25, 0.3) is 5.65 Å². The monoisotopic (exact) mass is 420 g/mol. The van der Waals surface area contributed by atoms with E-state index in [4.69, 9.17) is 4.74 Å². The van der Waals surface area contributed by atoms with Gasteiger partial charge in [-0.15, -0.1) is 0 Å². The number of carbonyl (C=O) groups excluding carboxylic acids is 1. The largest absolute Gasteiger partial charge is 0.378 e. The van der Waals surface area contributed by atoms with Crippen molar-refractivity contribution < 1.29 is 9.53 Å². The average Bonchev–Trinajstić information content (AvgIpc) is 3.16. The number of benzene rings is 1. The van der Waals surface area contributed by atoms with Gasteiger partial charge in [0.15, 0.2) is 0 Å². The van der Waals surface area contributed by atoms with Crippen molar-refractivity contribution in [3.8, 4) is 0 Å². The molecule has 0 saturated carbocycles. The predicted molar refractivity (Wildman–Crippen MR) is 124 cm³/mol. The number of nitrogens with zero attached hydrogens (tertiary/aromatic N) is 4. The third kappa shape index (κ3) is 4.44. The Morgan fingerprint density at radius 3 is 2.48 bits per heavy atom. The molecule has 2 aromatic heterocycles. The van der Waals surface area contributed by atoms with Crippen molar-refractivity contribution in [2.24, 2.45) is 0 Å². The number of aryl methyl sites for hydroxylation is 1. The number of carbonyl (C=O) groups is 1. The van der Waals surface area contributed by atoms with Gasteiger partial charge in [0.2, 0.25) is 5.91 Å². The summed E-state index contributed by atoms with van der Waals surface area (Å²) >= 11 is 0. The summed E-state index contributed by atoms with van der Waals surface area (Å²) in [5, 5.41) is 0. The lowest BCUT2D eigenvalue weighted by molar-refractivity contribution is -0.143. The summed E-state index contributed by atoms with van der Waals surface area (Å²) in [4.78, 5) is 22.1. The molecule has 3 aromatic rings. The fourth-order valence-corrected chi connectivity index (χ4v) is 4.51. The van der Waals surface area contributed by atoms with E-state index in [-0.39, 0.29) is 24.0 Å². The minimum absolute atomic E-state index is 0.0592. The number of hydrogen-bond acceptors (Lipinski definition) is 4. The number of hydrogen-bond donors (Lipinski definition) is 0. The Bertz CT molecular complexity index is 1050. The van der Waals surface area contributed by atoms with E-state index < -0.39 is 0 Å². The summed E-state index contributed by atoms with van der Waals surface area (Å²) in [6, 6.07) is 12.6. The second-order valence-corrected chi connectivity index (χ2v) is 8.87. The van der Waals surface area contributed by atoms with Crippen LogP contribution in [-0.2, 0) is 9.53 Å². The second-order valence-electron chi connectivity index (χ2n) is 8.87. The van der Waals surface area contributed by atoms with Crippen molar-refractivity contribution in [1.82, 2.24) is 14.3 Å². The molecule has 0 bridgehead atoms. The number of aromatic nitrogens is 2. The van der Waals surface area contributed by atoms with Gasteiger partial charge < -0.3 is 18.9 Å². The predicted octanol–water partition coefficient (Wildman–Crippen LogP) is 3.87. The standard InChI is InChI=1S/C25H32N4O2/c1-17-7-6-12-29-23(14-26-25(17)29)22(20-8-10-21(11-9-20)27(4)5)13-24(30)28-15-18(2)31-19(3)16-28/h6-12,14,18-19,22H,13,15-16H2,1-5H3. The van der Waals surface area contributed by atoms with E-state index in [0.29, 0.717) is 19.5 Å². The molecule has 1 aromatic carbocycles. The van der Waals surface area contributed by atoms with Crippen molar-refractivity contribution in [1.29, 1.82) is 0 Å². The fraction of sp³-hybridized carbons (Fsp3) is 0.440. The van der Waals surface area contributed by atoms with E-state index >= 15 is 0 Å². The lowest BCUT2D eigenvalue weighted by Crippen LogP contribution is -2.48. The summed E-state index contributed by atoms with van der Waals surface area (Å²) in [6.45, 7) is 7.40. The van der Waals surface area contributed by atoms with Gasteiger partial charge in [0.05, 0.1) is 17.9 Å². The Kier molecular flexibility index (Phi) is 6.01. The molecule has 0 radical (unpaired) electrons. The zero-order valence-electron chi connectivity index (χ0n) is 19.1. The second kappa shape index (κ2) is 8.71. The summed E-state index contributed by atoms with van der Waals surface area (Å²) in [7, 11) is 4.06. The maximum atomic E-state index is 13.4. The van der Waals surface area contributed by atoms with Crippen LogP contribution in [0.15, 0.2) is 48.8 Å². The number of morpholine rings is 1. The lowest BCUT2D eigenvalue weighted by Gasteiger charge is -2.36. The summed E-state index contributed by atoms with van der Waals surface area (Å²) in [6.07, 6.45) is 4.48. The van der Waals surface area contributed by atoms with E-state index in [0.717, 1.165) is 28.2 Å². The molecule has 3 unspecified atom stereocenters. The van der Waals surface area contributed by atoms with Gasteiger partial charge in [0.1, 0.15) is 5.65 Å². The van der Waals surface area contributed by atoms with Gasteiger partial charge in [-0.3, -0.25) is 4.79 Å². The number of imidazole rings is 1. The Morgan fingerprint density at radius 2 is 1.84 bits per heavy atom. The van der Waals surface area contributed by atoms with Gasteiger partial charge in [-0.05, 0) is 50.1 Å².